The van der Waals surface area contributed by atoms with E-state index in [1.807, 2.05) is 0 Å². The molecule has 0 bridgehead atoms. The molecule has 1 atom stereocenters. The van der Waals surface area contributed by atoms with Gasteiger partial charge in [-0.15, -0.1) is 0 Å². The van der Waals surface area contributed by atoms with Gasteiger partial charge >= 0.3 is 5.97 Å². The summed E-state index contributed by atoms with van der Waals surface area (Å²) in [6.45, 7) is -0.610. The van der Waals surface area contributed by atoms with Gasteiger partial charge in [0, 0.05) is 15.6 Å². The Labute approximate surface area is 102 Å². The fourth-order valence-electron chi connectivity index (χ4n) is 1.12. The van der Waals surface area contributed by atoms with Gasteiger partial charge in [-0.25, -0.2) is 4.79 Å². The predicted molar refractivity (Wildman–Crippen MR) is 59.9 cm³/mol. The molecule has 0 aromatic heterocycles. The van der Waals surface area contributed by atoms with E-state index in [4.69, 9.17) is 33.0 Å². The van der Waals surface area contributed by atoms with Crippen LogP contribution in [0, 0.1) is 0 Å². The second kappa shape index (κ2) is 6.06. The van der Waals surface area contributed by atoms with E-state index in [2.05, 4.69) is 0 Å². The fourth-order valence-corrected chi connectivity index (χ4v) is 1.54. The predicted octanol–water partition coefficient (Wildman–Crippen LogP) is 2.13. The average molecular weight is 265 g/mol. The van der Waals surface area contributed by atoms with Crippen LogP contribution in [0.15, 0.2) is 18.2 Å². The fraction of sp³-hybridized carbons (Fsp3) is 0.300. The molecule has 2 N–H and O–H groups in total. The van der Waals surface area contributed by atoms with Gasteiger partial charge in [0.1, 0.15) is 12.7 Å². The van der Waals surface area contributed by atoms with Crippen LogP contribution in [-0.2, 0) is 9.53 Å². The maximum atomic E-state index is 10.2. The molecule has 0 amide bonds. The molecule has 4 nitrogen and oxygen atoms in total. The molecule has 0 heterocycles. The Morgan fingerprint density at radius 3 is 2.75 bits per heavy atom. The molecule has 0 radical (unpaired) electrons. The molecule has 1 aromatic carbocycles. The molecule has 0 saturated carbocycles. The molecule has 6 heteroatoms. The van der Waals surface area contributed by atoms with E-state index in [1.165, 1.54) is 6.07 Å². The second-order valence-electron chi connectivity index (χ2n) is 3.09. The Balaban J connectivity index is 2.61. The summed E-state index contributed by atoms with van der Waals surface area (Å²) in [4.78, 5) is 10.2. The lowest BCUT2D eigenvalue weighted by Crippen LogP contribution is -2.13. The zero-order valence-corrected chi connectivity index (χ0v) is 9.70. The third kappa shape index (κ3) is 3.98. The Morgan fingerprint density at radius 2 is 2.12 bits per heavy atom. The Hall–Kier alpha value is -0.810. The maximum absolute atomic E-state index is 10.2. The van der Waals surface area contributed by atoms with Gasteiger partial charge in [0.15, 0.2) is 0 Å². The number of hydrogen-bond donors (Lipinski definition) is 2. The molecule has 0 saturated heterocycles. The molecule has 0 fully saturated rings. The van der Waals surface area contributed by atoms with E-state index in [0.29, 0.717) is 15.6 Å². The number of carboxylic acids is 1. The maximum Gasteiger partial charge on any atom is 0.329 e. The molecule has 1 unspecified atom stereocenters. The standard InChI is InChI=1S/C10H10Cl2O4/c11-6-1-2-8(12)7(3-6)9(13)4-16-5-10(14)15/h1-3,9,13H,4-5H2,(H,14,15). The zero-order valence-electron chi connectivity index (χ0n) is 8.19. The van der Waals surface area contributed by atoms with Crippen molar-refractivity contribution in [3.63, 3.8) is 0 Å². The summed E-state index contributed by atoms with van der Waals surface area (Å²) >= 11 is 11.6. The highest BCUT2D eigenvalue weighted by atomic mass is 35.5. The average Bonchev–Trinajstić information content (AvgIpc) is 2.21. The van der Waals surface area contributed by atoms with Crippen LogP contribution in [0.2, 0.25) is 10.0 Å². The van der Waals surface area contributed by atoms with Crippen LogP contribution in [0.1, 0.15) is 11.7 Å². The summed E-state index contributed by atoms with van der Waals surface area (Å²) in [7, 11) is 0. The first-order valence-corrected chi connectivity index (χ1v) is 5.19. The van der Waals surface area contributed by atoms with Crippen molar-refractivity contribution in [3.05, 3.63) is 33.8 Å². The lowest BCUT2D eigenvalue weighted by molar-refractivity contribution is -0.143. The van der Waals surface area contributed by atoms with Crippen molar-refractivity contribution >= 4 is 29.2 Å². The van der Waals surface area contributed by atoms with Crippen LogP contribution >= 0.6 is 23.2 Å². The topological polar surface area (TPSA) is 66.8 Å². The minimum absolute atomic E-state index is 0.146. The van der Waals surface area contributed by atoms with Crippen LogP contribution < -0.4 is 0 Å². The van der Waals surface area contributed by atoms with E-state index in [9.17, 15) is 9.90 Å². The normalized spacial score (nSPS) is 12.4. The van der Waals surface area contributed by atoms with E-state index < -0.39 is 18.7 Å². The summed E-state index contributed by atoms with van der Waals surface area (Å²) in [6, 6.07) is 4.66. The van der Waals surface area contributed by atoms with Crippen molar-refractivity contribution in [2.45, 2.75) is 6.10 Å². The number of ether oxygens (including phenoxy) is 1. The molecule has 0 aliphatic rings. The number of carboxylic acid groups (broad SMARTS) is 1. The van der Waals surface area contributed by atoms with Crippen molar-refractivity contribution in [2.75, 3.05) is 13.2 Å². The van der Waals surface area contributed by atoms with Gasteiger partial charge < -0.3 is 14.9 Å². The molecule has 0 spiro atoms. The van der Waals surface area contributed by atoms with Crippen molar-refractivity contribution in [1.82, 2.24) is 0 Å². The summed E-state index contributed by atoms with van der Waals surface area (Å²) in [6.07, 6.45) is -0.995. The van der Waals surface area contributed by atoms with Gasteiger partial charge in [0.2, 0.25) is 0 Å². The van der Waals surface area contributed by atoms with Crippen LogP contribution in [0.4, 0.5) is 0 Å². The minimum atomic E-state index is -1.09. The van der Waals surface area contributed by atoms with E-state index in [1.54, 1.807) is 12.1 Å². The summed E-state index contributed by atoms with van der Waals surface area (Å²) in [5.74, 6) is -1.09. The number of aliphatic hydroxyl groups excluding tert-OH is 1. The highest BCUT2D eigenvalue weighted by molar-refractivity contribution is 6.33. The van der Waals surface area contributed by atoms with E-state index in [0.717, 1.165) is 0 Å². The summed E-state index contributed by atoms with van der Waals surface area (Å²) < 4.78 is 4.75. The van der Waals surface area contributed by atoms with Crippen LogP contribution in [0.25, 0.3) is 0 Å². The molecular formula is C10H10Cl2O4. The third-order valence-corrected chi connectivity index (χ3v) is 2.40. The smallest absolute Gasteiger partial charge is 0.329 e. The first-order chi connectivity index (χ1) is 7.50. The molecule has 0 aliphatic heterocycles. The number of hydrogen-bond acceptors (Lipinski definition) is 3. The second-order valence-corrected chi connectivity index (χ2v) is 3.93. The SMILES string of the molecule is O=C(O)COCC(O)c1cc(Cl)ccc1Cl. The van der Waals surface area contributed by atoms with Crippen molar-refractivity contribution < 1.29 is 19.7 Å². The molecule has 16 heavy (non-hydrogen) atoms. The van der Waals surface area contributed by atoms with Crippen molar-refractivity contribution in [2.24, 2.45) is 0 Å². The molecule has 0 aliphatic carbocycles. The first-order valence-electron chi connectivity index (χ1n) is 4.43. The van der Waals surface area contributed by atoms with Crippen molar-refractivity contribution in [3.8, 4) is 0 Å². The van der Waals surface area contributed by atoms with Crippen molar-refractivity contribution in [1.29, 1.82) is 0 Å². The van der Waals surface area contributed by atoms with Gasteiger partial charge in [0.25, 0.3) is 0 Å². The number of halogens is 2. The third-order valence-electron chi connectivity index (χ3n) is 1.82. The largest absolute Gasteiger partial charge is 0.480 e. The molecule has 1 aromatic rings. The summed E-state index contributed by atoms with van der Waals surface area (Å²) in [5.41, 5.74) is 0.416. The van der Waals surface area contributed by atoms with E-state index >= 15 is 0 Å². The number of benzene rings is 1. The lowest BCUT2D eigenvalue weighted by Gasteiger charge is -2.12. The molecule has 88 valence electrons. The monoisotopic (exact) mass is 264 g/mol. The number of aliphatic carboxylic acids is 1. The van der Waals surface area contributed by atoms with Crippen LogP contribution in [0.3, 0.4) is 0 Å². The Morgan fingerprint density at radius 1 is 1.44 bits per heavy atom. The summed E-state index contributed by atoms with van der Waals surface area (Å²) in [5, 5.41) is 18.8. The van der Waals surface area contributed by atoms with Crippen LogP contribution in [0.5, 0.6) is 0 Å². The minimum Gasteiger partial charge on any atom is -0.480 e. The van der Waals surface area contributed by atoms with Crippen LogP contribution in [-0.4, -0.2) is 29.4 Å². The molecular weight excluding hydrogens is 255 g/mol. The highest BCUT2D eigenvalue weighted by Gasteiger charge is 2.13. The van der Waals surface area contributed by atoms with Gasteiger partial charge in [-0.3, -0.25) is 0 Å². The highest BCUT2D eigenvalue weighted by Crippen LogP contribution is 2.26. The zero-order chi connectivity index (χ0) is 12.1. The number of aliphatic hydroxyl groups is 1. The number of carbonyl (C=O) groups is 1. The Bertz CT molecular complexity index is 381. The number of rotatable bonds is 5. The Kier molecular flexibility index (Phi) is 5.02. The van der Waals surface area contributed by atoms with Gasteiger partial charge in [0.05, 0.1) is 6.61 Å². The van der Waals surface area contributed by atoms with Gasteiger partial charge in [-0.05, 0) is 18.2 Å². The molecule has 1 rings (SSSR count). The first kappa shape index (κ1) is 13.3. The van der Waals surface area contributed by atoms with Gasteiger partial charge in [-0.1, -0.05) is 23.2 Å². The van der Waals surface area contributed by atoms with Gasteiger partial charge in [-0.2, -0.15) is 0 Å². The quantitative estimate of drug-likeness (QED) is 0.855. The lowest BCUT2D eigenvalue weighted by atomic mass is 10.1. The van der Waals surface area contributed by atoms with E-state index in [-0.39, 0.29) is 6.61 Å².